The van der Waals surface area contributed by atoms with Crippen LogP contribution in [0, 0.1) is 17.6 Å². The number of sulfone groups is 1. The normalized spacial score (nSPS) is 17.2. The van der Waals surface area contributed by atoms with E-state index in [0.717, 1.165) is 12.1 Å². The van der Waals surface area contributed by atoms with Gasteiger partial charge in [0.1, 0.15) is 15.9 Å². The summed E-state index contributed by atoms with van der Waals surface area (Å²) in [5.41, 5.74) is 0.677. The average Bonchev–Trinajstić information content (AvgIpc) is 3.02. The van der Waals surface area contributed by atoms with E-state index in [1.165, 1.54) is 12.6 Å². The van der Waals surface area contributed by atoms with Crippen molar-refractivity contribution in [3.63, 3.8) is 0 Å². The van der Waals surface area contributed by atoms with Crippen LogP contribution >= 0.6 is 0 Å². The summed E-state index contributed by atoms with van der Waals surface area (Å²) in [6.07, 6.45) is 2.67. The van der Waals surface area contributed by atoms with E-state index in [4.69, 9.17) is 0 Å². The van der Waals surface area contributed by atoms with Gasteiger partial charge in [-0.1, -0.05) is 13.8 Å². The third kappa shape index (κ3) is 4.92. The predicted octanol–water partition coefficient (Wildman–Crippen LogP) is 1.70. The highest BCUT2D eigenvalue weighted by molar-refractivity contribution is 7.90. The minimum atomic E-state index is -3.02. The molecule has 160 valence electrons. The first kappa shape index (κ1) is 21.6. The number of halogens is 2. The molecule has 1 saturated heterocycles. The van der Waals surface area contributed by atoms with Crippen molar-refractivity contribution in [2.45, 2.75) is 19.9 Å². The Hall–Kier alpha value is -2.07. The quantitative estimate of drug-likeness (QED) is 0.700. The zero-order valence-corrected chi connectivity index (χ0v) is 17.6. The van der Waals surface area contributed by atoms with Gasteiger partial charge in [-0.05, 0) is 5.92 Å². The van der Waals surface area contributed by atoms with Gasteiger partial charge in [0, 0.05) is 51.1 Å². The van der Waals surface area contributed by atoms with Crippen LogP contribution in [0.25, 0.3) is 11.0 Å². The minimum Gasteiger partial charge on any atom is -0.338 e. The van der Waals surface area contributed by atoms with Crippen molar-refractivity contribution in [1.82, 2.24) is 19.4 Å². The van der Waals surface area contributed by atoms with Crippen LogP contribution in [0.4, 0.5) is 8.78 Å². The molecule has 1 aromatic carbocycles. The van der Waals surface area contributed by atoms with Crippen molar-refractivity contribution in [3.8, 4) is 0 Å². The number of fused-ring (bicyclic) bond motifs is 1. The van der Waals surface area contributed by atoms with Crippen LogP contribution in [-0.4, -0.2) is 78.4 Å². The van der Waals surface area contributed by atoms with E-state index < -0.39 is 27.5 Å². The fourth-order valence-electron chi connectivity index (χ4n) is 3.64. The van der Waals surface area contributed by atoms with Crippen molar-refractivity contribution in [2.24, 2.45) is 5.92 Å². The van der Waals surface area contributed by atoms with Crippen molar-refractivity contribution in [2.75, 3.05) is 44.7 Å². The van der Waals surface area contributed by atoms with E-state index in [2.05, 4.69) is 4.98 Å². The topological polar surface area (TPSA) is 75.5 Å². The number of aromatic nitrogens is 2. The molecule has 1 aliphatic rings. The molecule has 0 bridgehead atoms. The minimum absolute atomic E-state index is 0.0868. The molecular weight excluding hydrogens is 402 g/mol. The number of benzene rings is 1. The summed E-state index contributed by atoms with van der Waals surface area (Å²) >= 11 is 0. The highest BCUT2D eigenvalue weighted by Gasteiger charge is 2.32. The monoisotopic (exact) mass is 428 g/mol. The fourth-order valence-corrected chi connectivity index (χ4v) is 4.23. The molecule has 0 radical (unpaired) electrons. The SMILES string of the molecule is CC(C)C(C(=O)N1CCN(CCS(C)(=O)=O)CC1)n1cnc2cc(F)c(F)cc21. The number of carbonyl (C=O) groups excluding carboxylic acids is 1. The number of carbonyl (C=O) groups is 1. The summed E-state index contributed by atoms with van der Waals surface area (Å²) in [6, 6.07) is 1.51. The van der Waals surface area contributed by atoms with E-state index in [1.54, 1.807) is 9.47 Å². The largest absolute Gasteiger partial charge is 0.338 e. The van der Waals surface area contributed by atoms with Crippen LogP contribution in [0.2, 0.25) is 0 Å². The Kier molecular flexibility index (Phi) is 6.23. The fraction of sp³-hybridized carbons (Fsp3) is 0.579. The molecule has 7 nitrogen and oxygen atoms in total. The van der Waals surface area contributed by atoms with Crippen molar-refractivity contribution in [3.05, 3.63) is 30.1 Å². The first-order chi connectivity index (χ1) is 13.6. The summed E-state index contributed by atoms with van der Waals surface area (Å²) in [6.45, 7) is 6.41. The zero-order chi connectivity index (χ0) is 21.3. The molecule has 0 aliphatic carbocycles. The van der Waals surface area contributed by atoms with Crippen molar-refractivity contribution in [1.29, 1.82) is 0 Å². The van der Waals surface area contributed by atoms with E-state index in [1.807, 2.05) is 18.7 Å². The molecule has 1 aromatic heterocycles. The number of nitrogens with zero attached hydrogens (tertiary/aromatic N) is 4. The Morgan fingerprint density at radius 3 is 2.34 bits per heavy atom. The average molecular weight is 429 g/mol. The standard InChI is InChI=1S/C19H26F2N4O3S/c1-13(2)18(25-12-22-16-10-14(20)15(21)11-17(16)25)19(26)24-6-4-23(5-7-24)8-9-29(3,27)28/h10-13,18H,4-9H2,1-3H3. The van der Waals surface area contributed by atoms with Gasteiger partial charge in [-0.25, -0.2) is 22.2 Å². The Morgan fingerprint density at radius 2 is 1.76 bits per heavy atom. The zero-order valence-electron chi connectivity index (χ0n) is 16.8. The highest BCUT2D eigenvalue weighted by atomic mass is 32.2. The molecule has 0 spiro atoms. The Labute approximate surface area is 169 Å². The van der Waals surface area contributed by atoms with E-state index in [0.29, 0.717) is 43.8 Å². The molecule has 1 amide bonds. The summed E-state index contributed by atoms with van der Waals surface area (Å²) in [5, 5.41) is 0. The van der Waals surface area contributed by atoms with Crippen LogP contribution in [0.5, 0.6) is 0 Å². The molecule has 2 aromatic rings. The van der Waals surface area contributed by atoms with Crippen LogP contribution in [-0.2, 0) is 14.6 Å². The molecule has 0 saturated carbocycles. The Balaban J connectivity index is 1.76. The predicted molar refractivity (Wildman–Crippen MR) is 106 cm³/mol. The van der Waals surface area contributed by atoms with Gasteiger partial charge >= 0.3 is 0 Å². The molecule has 10 heteroatoms. The summed E-state index contributed by atoms with van der Waals surface area (Å²) < 4.78 is 51.6. The maximum Gasteiger partial charge on any atom is 0.246 e. The van der Waals surface area contributed by atoms with Crippen LogP contribution in [0.15, 0.2) is 18.5 Å². The molecule has 3 rings (SSSR count). The van der Waals surface area contributed by atoms with Gasteiger partial charge < -0.3 is 9.47 Å². The number of amides is 1. The second-order valence-electron chi connectivity index (χ2n) is 7.89. The van der Waals surface area contributed by atoms with Crippen molar-refractivity contribution >= 4 is 26.8 Å². The highest BCUT2D eigenvalue weighted by Crippen LogP contribution is 2.27. The molecule has 1 fully saturated rings. The third-order valence-corrected chi connectivity index (χ3v) is 6.19. The van der Waals surface area contributed by atoms with Gasteiger partial charge in [-0.2, -0.15) is 0 Å². The van der Waals surface area contributed by atoms with E-state index >= 15 is 0 Å². The van der Waals surface area contributed by atoms with E-state index in [-0.39, 0.29) is 17.6 Å². The van der Waals surface area contributed by atoms with Crippen molar-refractivity contribution < 1.29 is 22.0 Å². The summed E-state index contributed by atoms with van der Waals surface area (Å²) in [4.78, 5) is 21.2. The molecular formula is C19H26F2N4O3S. The molecule has 1 atom stereocenters. The molecule has 0 N–H and O–H groups in total. The van der Waals surface area contributed by atoms with Crippen LogP contribution < -0.4 is 0 Å². The van der Waals surface area contributed by atoms with Gasteiger partial charge in [0.2, 0.25) is 5.91 Å². The number of hydrogen-bond donors (Lipinski definition) is 0. The number of hydrogen-bond acceptors (Lipinski definition) is 5. The Bertz CT molecular complexity index is 998. The second kappa shape index (κ2) is 8.35. The first-order valence-corrected chi connectivity index (χ1v) is 11.6. The van der Waals surface area contributed by atoms with Gasteiger partial charge in [0.05, 0.1) is 23.1 Å². The third-order valence-electron chi connectivity index (χ3n) is 5.26. The van der Waals surface area contributed by atoms with Gasteiger partial charge in [0.25, 0.3) is 0 Å². The smallest absolute Gasteiger partial charge is 0.246 e. The molecule has 2 heterocycles. The van der Waals surface area contributed by atoms with E-state index in [9.17, 15) is 22.0 Å². The summed E-state index contributed by atoms with van der Waals surface area (Å²) in [7, 11) is -3.02. The van der Waals surface area contributed by atoms with Crippen LogP contribution in [0.3, 0.4) is 0 Å². The van der Waals surface area contributed by atoms with Crippen LogP contribution in [0.1, 0.15) is 19.9 Å². The lowest BCUT2D eigenvalue weighted by Gasteiger charge is -2.37. The maximum atomic E-state index is 13.8. The van der Waals surface area contributed by atoms with Gasteiger partial charge in [0.15, 0.2) is 11.6 Å². The molecule has 1 aliphatic heterocycles. The van der Waals surface area contributed by atoms with Gasteiger partial charge in [-0.15, -0.1) is 0 Å². The first-order valence-electron chi connectivity index (χ1n) is 9.57. The number of rotatable bonds is 6. The lowest BCUT2D eigenvalue weighted by atomic mass is 10.0. The lowest BCUT2D eigenvalue weighted by molar-refractivity contribution is -0.137. The summed E-state index contributed by atoms with van der Waals surface area (Å²) in [5.74, 6) is -2.05. The molecule has 29 heavy (non-hydrogen) atoms. The Morgan fingerprint density at radius 1 is 1.14 bits per heavy atom. The maximum absolute atomic E-state index is 13.8. The number of imidazole rings is 1. The second-order valence-corrected chi connectivity index (χ2v) is 10.2. The number of piperazine rings is 1. The lowest BCUT2D eigenvalue weighted by Crippen LogP contribution is -2.51. The molecule has 1 unspecified atom stereocenters. The van der Waals surface area contributed by atoms with Gasteiger partial charge in [-0.3, -0.25) is 9.69 Å².